The first-order chi connectivity index (χ1) is 10.2. The monoisotopic (exact) mass is 324 g/mol. The summed E-state index contributed by atoms with van der Waals surface area (Å²) in [7, 11) is 0. The quantitative estimate of drug-likeness (QED) is 0.863. The number of amides is 1. The molecule has 1 heterocycles. The van der Waals surface area contributed by atoms with E-state index in [9.17, 15) is 4.79 Å². The van der Waals surface area contributed by atoms with Crippen LogP contribution in [0.25, 0.3) is 0 Å². The van der Waals surface area contributed by atoms with E-state index in [1.807, 2.05) is 32.1 Å². The van der Waals surface area contributed by atoms with Crippen molar-refractivity contribution in [1.29, 1.82) is 0 Å². The van der Waals surface area contributed by atoms with Gasteiger partial charge in [0.1, 0.15) is 5.60 Å². The third kappa shape index (κ3) is 4.71. The number of carbonyl (C=O) groups is 1. The summed E-state index contributed by atoms with van der Waals surface area (Å²) in [6.45, 7) is 11.6. The molecule has 1 aromatic rings. The summed E-state index contributed by atoms with van der Waals surface area (Å²) < 4.78 is 5.38. The molecular formula is C17H28N2O2S. The Bertz CT molecular complexity index is 527. The molecular weight excluding hydrogens is 296 g/mol. The third-order valence-electron chi connectivity index (χ3n) is 4.00. The Hall–Kier alpha value is -1.07. The highest BCUT2D eigenvalue weighted by molar-refractivity contribution is 7.12. The lowest BCUT2D eigenvalue weighted by Gasteiger charge is -2.42. The maximum atomic E-state index is 12.0. The van der Waals surface area contributed by atoms with Crippen LogP contribution in [0.1, 0.15) is 55.4 Å². The summed E-state index contributed by atoms with van der Waals surface area (Å²) in [5, 5.41) is 6.57. The molecule has 2 N–H and O–H groups in total. The fraction of sp³-hybridized carbons (Fsp3) is 0.706. The second kappa shape index (κ2) is 6.59. The molecule has 0 atom stereocenters. The molecule has 1 aliphatic carbocycles. The van der Waals surface area contributed by atoms with Gasteiger partial charge >= 0.3 is 6.09 Å². The van der Waals surface area contributed by atoms with Gasteiger partial charge in [-0.3, -0.25) is 0 Å². The number of hydrogen-bond donors (Lipinski definition) is 2. The van der Waals surface area contributed by atoms with Gasteiger partial charge in [-0.1, -0.05) is 0 Å². The lowest BCUT2D eigenvalue weighted by atomic mass is 9.76. The van der Waals surface area contributed by atoms with Crippen molar-refractivity contribution in [3.05, 3.63) is 21.4 Å². The van der Waals surface area contributed by atoms with Crippen molar-refractivity contribution in [2.45, 2.75) is 71.6 Å². The fourth-order valence-electron chi connectivity index (χ4n) is 2.77. The average molecular weight is 324 g/mol. The van der Waals surface area contributed by atoms with E-state index in [1.165, 1.54) is 15.3 Å². The van der Waals surface area contributed by atoms with Crippen LogP contribution in [0.2, 0.25) is 0 Å². The van der Waals surface area contributed by atoms with Gasteiger partial charge < -0.3 is 15.4 Å². The largest absolute Gasteiger partial charge is 0.444 e. The minimum absolute atomic E-state index is 0.138. The van der Waals surface area contributed by atoms with Crippen molar-refractivity contribution in [1.82, 2.24) is 10.6 Å². The van der Waals surface area contributed by atoms with Gasteiger partial charge in [0, 0.05) is 22.8 Å². The molecule has 2 rings (SSSR count). The van der Waals surface area contributed by atoms with E-state index < -0.39 is 5.60 Å². The molecule has 0 radical (unpaired) electrons. The molecule has 0 bridgehead atoms. The zero-order chi connectivity index (χ0) is 16.4. The molecule has 5 heteroatoms. The molecule has 22 heavy (non-hydrogen) atoms. The van der Waals surface area contributed by atoms with Gasteiger partial charge in [-0.05, 0) is 65.5 Å². The van der Waals surface area contributed by atoms with Crippen molar-refractivity contribution in [2.24, 2.45) is 0 Å². The second-order valence-electron chi connectivity index (χ2n) is 7.30. The van der Waals surface area contributed by atoms with Crippen LogP contribution in [-0.2, 0) is 11.3 Å². The van der Waals surface area contributed by atoms with E-state index in [0.717, 1.165) is 32.4 Å². The fourth-order valence-corrected chi connectivity index (χ4v) is 3.71. The van der Waals surface area contributed by atoms with Crippen LogP contribution >= 0.6 is 11.3 Å². The number of alkyl carbamates (subject to hydrolysis) is 1. The highest BCUT2D eigenvalue weighted by Crippen LogP contribution is 2.32. The number of hydrogen-bond acceptors (Lipinski definition) is 4. The molecule has 0 spiro atoms. The van der Waals surface area contributed by atoms with E-state index >= 15 is 0 Å². The first-order valence-corrected chi connectivity index (χ1v) is 8.79. The van der Waals surface area contributed by atoms with Crippen LogP contribution in [0.15, 0.2) is 6.07 Å². The van der Waals surface area contributed by atoms with E-state index in [-0.39, 0.29) is 11.6 Å². The van der Waals surface area contributed by atoms with Crippen LogP contribution in [0, 0.1) is 13.8 Å². The Morgan fingerprint density at radius 2 is 2.05 bits per heavy atom. The summed E-state index contributed by atoms with van der Waals surface area (Å²) in [6.07, 6.45) is 2.88. The topological polar surface area (TPSA) is 50.4 Å². The van der Waals surface area contributed by atoms with Crippen LogP contribution < -0.4 is 10.6 Å². The highest BCUT2D eigenvalue weighted by Gasteiger charge is 2.39. The Kier molecular flexibility index (Phi) is 5.17. The van der Waals surface area contributed by atoms with Gasteiger partial charge in [0.25, 0.3) is 0 Å². The molecule has 1 amide bonds. The molecule has 124 valence electrons. The van der Waals surface area contributed by atoms with Crippen molar-refractivity contribution in [3.63, 3.8) is 0 Å². The Balaban J connectivity index is 1.83. The number of rotatable bonds is 5. The van der Waals surface area contributed by atoms with E-state index in [0.29, 0.717) is 0 Å². The summed E-state index contributed by atoms with van der Waals surface area (Å²) in [6, 6.07) is 2.24. The van der Waals surface area contributed by atoms with Crippen LogP contribution in [0.5, 0.6) is 0 Å². The molecule has 1 saturated carbocycles. The zero-order valence-corrected chi connectivity index (χ0v) is 15.2. The van der Waals surface area contributed by atoms with Gasteiger partial charge in [0.2, 0.25) is 0 Å². The normalized spacial score (nSPS) is 17.0. The van der Waals surface area contributed by atoms with E-state index in [2.05, 4.69) is 30.5 Å². The Morgan fingerprint density at radius 3 is 2.50 bits per heavy atom. The molecule has 1 aromatic heterocycles. The predicted octanol–water partition coefficient (Wildman–Crippen LogP) is 3.90. The number of thiophene rings is 1. The molecule has 1 aliphatic rings. The molecule has 0 aliphatic heterocycles. The van der Waals surface area contributed by atoms with Crippen LogP contribution in [0.4, 0.5) is 4.79 Å². The first kappa shape index (κ1) is 17.3. The predicted molar refractivity (Wildman–Crippen MR) is 91.5 cm³/mol. The highest BCUT2D eigenvalue weighted by atomic mass is 32.1. The standard InChI is InChI=1S/C17H28N2O2S/c1-12-9-14(13(2)22-12)10-18-11-17(7-6-8-17)19-15(20)21-16(3,4)5/h9,18H,6-8,10-11H2,1-5H3,(H,19,20). The van der Waals surface area contributed by atoms with Crippen molar-refractivity contribution in [2.75, 3.05) is 6.54 Å². The summed E-state index contributed by atoms with van der Waals surface area (Å²) >= 11 is 1.83. The number of ether oxygens (including phenoxy) is 1. The van der Waals surface area contributed by atoms with Gasteiger partial charge in [-0.2, -0.15) is 0 Å². The smallest absolute Gasteiger partial charge is 0.408 e. The second-order valence-corrected chi connectivity index (χ2v) is 8.76. The van der Waals surface area contributed by atoms with Crippen LogP contribution in [0.3, 0.4) is 0 Å². The van der Waals surface area contributed by atoms with Gasteiger partial charge in [0.15, 0.2) is 0 Å². The van der Waals surface area contributed by atoms with Crippen LogP contribution in [-0.4, -0.2) is 23.8 Å². The Morgan fingerprint density at radius 1 is 1.36 bits per heavy atom. The lowest BCUT2D eigenvalue weighted by Crippen LogP contribution is -2.59. The molecule has 0 saturated heterocycles. The average Bonchev–Trinajstić information content (AvgIpc) is 2.62. The number of carbonyl (C=O) groups excluding carboxylic acids is 1. The molecule has 1 fully saturated rings. The first-order valence-electron chi connectivity index (χ1n) is 7.97. The SMILES string of the molecule is Cc1cc(CNCC2(NC(=O)OC(C)(C)C)CCC2)c(C)s1. The van der Waals surface area contributed by atoms with Crippen molar-refractivity contribution in [3.8, 4) is 0 Å². The van der Waals surface area contributed by atoms with Crippen molar-refractivity contribution >= 4 is 17.4 Å². The molecule has 0 unspecified atom stereocenters. The minimum Gasteiger partial charge on any atom is -0.444 e. The van der Waals surface area contributed by atoms with Crippen molar-refractivity contribution < 1.29 is 9.53 Å². The maximum absolute atomic E-state index is 12.0. The third-order valence-corrected chi connectivity index (χ3v) is 5.01. The van der Waals surface area contributed by atoms with E-state index in [4.69, 9.17) is 4.74 Å². The Labute approximate surface area is 137 Å². The lowest BCUT2D eigenvalue weighted by molar-refractivity contribution is 0.0382. The zero-order valence-electron chi connectivity index (χ0n) is 14.3. The van der Waals surface area contributed by atoms with Gasteiger partial charge in [-0.25, -0.2) is 4.79 Å². The summed E-state index contributed by atoms with van der Waals surface area (Å²) in [4.78, 5) is 14.7. The summed E-state index contributed by atoms with van der Waals surface area (Å²) in [5.74, 6) is 0. The minimum atomic E-state index is -0.451. The summed E-state index contributed by atoms with van der Waals surface area (Å²) in [5.41, 5.74) is 0.768. The number of aryl methyl sites for hydroxylation is 2. The van der Waals surface area contributed by atoms with Gasteiger partial charge in [0.05, 0.1) is 5.54 Å². The maximum Gasteiger partial charge on any atom is 0.408 e. The molecule has 4 nitrogen and oxygen atoms in total. The van der Waals surface area contributed by atoms with E-state index in [1.54, 1.807) is 0 Å². The molecule has 0 aromatic carbocycles. The number of nitrogens with one attached hydrogen (secondary N) is 2. The van der Waals surface area contributed by atoms with Gasteiger partial charge in [-0.15, -0.1) is 11.3 Å².